The number of fused-ring (bicyclic) bond motifs is 1. The summed E-state index contributed by atoms with van der Waals surface area (Å²) in [4.78, 5) is 31.0. The highest BCUT2D eigenvalue weighted by molar-refractivity contribution is 7.16. The third kappa shape index (κ3) is 4.52. The first kappa shape index (κ1) is 20.1. The normalized spacial score (nSPS) is 17.7. The van der Waals surface area contributed by atoms with Crippen LogP contribution in [0.2, 0.25) is 0 Å². The molecule has 1 unspecified atom stereocenters. The Labute approximate surface area is 179 Å². The number of nitrogens with zero attached hydrogens (tertiary/aromatic N) is 3. The fourth-order valence-electron chi connectivity index (χ4n) is 3.58. The molecule has 7 nitrogen and oxygen atoms in total. The first-order chi connectivity index (χ1) is 14.6. The quantitative estimate of drug-likeness (QED) is 0.743. The van der Waals surface area contributed by atoms with Crippen LogP contribution in [0, 0.1) is 17.2 Å². The van der Waals surface area contributed by atoms with Gasteiger partial charge in [0.1, 0.15) is 11.1 Å². The number of hydrogen-bond donors (Lipinski definition) is 1. The summed E-state index contributed by atoms with van der Waals surface area (Å²) in [7, 11) is 0. The van der Waals surface area contributed by atoms with E-state index in [0.717, 1.165) is 54.8 Å². The van der Waals surface area contributed by atoms with Crippen molar-refractivity contribution in [2.24, 2.45) is 5.92 Å². The lowest BCUT2D eigenvalue weighted by atomic mass is 9.88. The molecule has 1 fully saturated rings. The summed E-state index contributed by atoms with van der Waals surface area (Å²) in [5.41, 5.74) is 2.39. The molecule has 1 aliphatic carbocycles. The second kappa shape index (κ2) is 9.09. The van der Waals surface area contributed by atoms with Gasteiger partial charge < -0.3 is 15.0 Å². The van der Waals surface area contributed by atoms with Gasteiger partial charge in [-0.25, -0.2) is 4.79 Å². The molecule has 2 amide bonds. The van der Waals surface area contributed by atoms with E-state index in [1.54, 1.807) is 29.4 Å². The molecule has 1 N–H and O–H groups in total. The van der Waals surface area contributed by atoms with Crippen LogP contribution in [0.25, 0.3) is 6.08 Å². The summed E-state index contributed by atoms with van der Waals surface area (Å²) in [6.45, 7) is 1.95. The Kier molecular flexibility index (Phi) is 6.10. The SMILES string of the molecule is N#Cc1c(NC(=O)/C=C/c2cccnc2)sc2c1CCC(COC(=O)N1CCC1)C2. The average molecular weight is 423 g/mol. The van der Waals surface area contributed by atoms with Crippen LogP contribution in [0.5, 0.6) is 0 Å². The van der Waals surface area contributed by atoms with Crippen molar-refractivity contribution in [1.82, 2.24) is 9.88 Å². The molecular weight excluding hydrogens is 400 g/mol. The first-order valence-electron chi connectivity index (χ1n) is 9.99. The van der Waals surface area contributed by atoms with Crippen LogP contribution < -0.4 is 5.32 Å². The van der Waals surface area contributed by atoms with Crippen LogP contribution in [0.1, 0.15) is 34.4 Å². The molecular formula is C22H22N4O3S. The van der Waals surface area contributed by atoms with Crippen LogP contribution in [0.3, 0.4) is 0 Å². The van der Waals surface area contributed by atoms with Crippen molar-refractivity contribution in [3.05, 3.63) is 52.2 Å². The molecule has 154 valence electrons. The number of hydrogen-bond acceptors (Lipinski definition) is 6. The molecule has 0 bridgehead atoms. The number of ether oxygens (including phenoxy) is 1. The lowest BCUT2D eigenvalue weighted by molar-refractivity contribution is -0.111. The highest BCUT2D eigenvalue weighted by atomic mass is 32.1. The smallest absolute Gasteiger partial charge is 0.409 e. The molecule has 2 aromatic rings. The molecule has 0 radical (unpaired) electrons. The number of anilines is 1. The number of nitrogens with one attached hydrogen (secondary N) is 1. The van der Waals surface area contributed by atoms with Crippen molar-refractivity contribution >= 4 is 34.4 Å². The summed E-state index contributed by atoms with van der Waals surface area (Å²) in [5.74, 6) is -0.0454. The second-order valence-electron chi connectivity index (χ2n) is 7.46. The van der Waals surface area contributed by atoms with Gasteiger partial charge in [-0.1, -0.05) is 6.07 Å². The van der Waals surface area contributed by atoms with E-state index in [9.17, 15) is 14.9 Å². The van der Waals surface area contributed by atoms with Crippen LogP contribution in [-0.4, -0.2) is 41.6 Å². The van der Waals surface area contributed by atoms with Crippen LogP contribution in [-0.2, 0) is 22.4 Å². The Balaban J connectivity index is 1.38. The summed E-state index contributed by atoms with van der Waals surface area (Å²) >= 11 is 1.44. The third-order valence-electron chi connectivity index (χ3n) is 5.38. The highest BCUT2D eigenvalue weighted by Crippen LogP contribution is 2.39. The number of rotatable bonds is 5. The lowest BCUT2D eigenvalue weighted by Crippen LogP contribution is -2.43. The number of amides is 2. The largest absolute Gasteiger partial charge is 0.449 e. The molecule has 30 heavy (non-hydrogen) atoms. The van der Waals surface area contributed by atoms with E-state index in [2.05, 4.69) is 16.4 Å². The van der Waals surface area contributed by atoms with Crippen molar-refractivity contribution in [2.75, 3.05) is 25.0 Å². The fraction of sp³-hybridized carbons (Fsp3) is 0.364. The van der Waals surface area contributed by atoms with Crippen molar-refractivity contribution < 1.29 is 14.3 Å². The third-order valence-corrected chi connectivity index (χ3v) is 6.55. The Hall–Kier alpha value is -3.18. The van der Waals surface area contributed by atoms with E-state index in [4.69, 9.17) is 4.74 Å². The fourth-order valence-corrected chi connectivity index (χ4v) is 4.90. The van der Waals surface area contributed by atoms with Gasteiger partial charge in [0, 0.05) is 36.4 Å². The molecule has 0 spiro atoms. The molecule has 2 aliphatic rings. The number of carbonyl (C=O) groups excluding carboxylic acids is 2. The van der Waals surface area contributed by atoms with Gasteiger partial charge in [0.25, 0.3) is 0 Å². The van der Waals surface area contributed by atoms with Crippen molar-refractivity contribution in [2.45, 2.75) is 25.7 Å². The van der Waals surface area contributed by atoms with Gasteiger partial charge in [-0.2, -0.15) is 5.26 Å². The Morgan fingerprint density at radius 1 is 1.43 bits per heavy atom. The standard InChI is InChI=1S/C22H22N4O3S/c23-12-18-17-6-4-16(14-29-22(28)26-9-2-10-26)11-19(17)30-21(18)25-20(27)7-5-15-3-1-8-24-13-15/h1,3,5,7-8,13,16H,2,4,6,9-11,14H2,(H,25,27)/b7-5+. The van der Waals surface area contributed by atoms with E-state index in [-0.39, 0.29) is 17.9 Å². The molecule has 2 aromatic heterocycles. The zero-order chi connectivity index (χ0) is 20.9. The monoisotopic (exact) mass is 422 g/mol. The number of nitriles is 1. The Morgan fingerprint density at radius 2 is 2.30 bits per heavy atom. The van der Waals surface area contributed by atoms with E-state index in [1.807, 2.05) is 6.07 Å². The van der Waals surface area contributed by atoms with Gasteiger partial charge in [-0.3, -0.25) is 9.78 Å². The maximum Gasteiger partial charge on any atom is 0.409 e. The van der Waals surface area contributed by atoms with Crippen molar-refractivity contribution in [3.8, 4) is 6.07 Å². The van der Waals surface area contributed by atoms with Gasteiger partial charge in [0.15, 0.2) is 0 Å². The molecule has 1 saturated heterocycles. The number of carbonyl (C=O) groups is 2. The predicted molar refractivity (Wildman–Crippen MR) is 114 cm³/mol. The van der Waals surface area contributed by atoms with Crippen LogP contribution >= 0.6 is 11.3 Å². The summed E-state index contributed by atoms with van der Waals surface area (Å²) in [5, 5.41) is 13.1. The molecule has 3 heterocycles. The van der Waals surface area contributed by atoms with E-state index < -0.39 is 0 Å². The summed E-state index contributed by atoms with van der Waals surface area (Å²) in [6, 6.07) is 5.91. The zero-order valence-electron chi connectivity index (χ0n) is 16.5. The van der Waals surface area contributed by atoms with E-state index >= 15 is 0 Å². The molecule has 8 heteroatoms. The highest BCUT2D eigenvalue weighted by Gasteiger charge is 2.28. The first-order valence-corrected chi connectivity index (χ1v) is 10.8. The van der Waals surface area contributed by atoms with Crippen LogP contribution in [0.4, 0.5) is 9.80 Å². The van der Waals surface area contributed by atoms with Gasteiger partial charge in [-0.15, -0.1) is 11.3 Å². The van der Waals surface area contributed by atoms with Gasteiger partial charge in [0.2, 0.25) is 5.91 Å². The number of aromatic nitrogens is 1. The van der Waals surface area contributed by atoms with E-state index in [0.29, 0.717) is 17.2 Å². The molecule has 1 aliphatic heterocycles. The maximum absolute atomic E-state index is 12.3. The zero-order valence-corrected chi connectivity index (χ0v) is 17.3. The van der Waals surface area contributed by atoms with Gasteiger partial charge >= 0.3 is 6.09 Å². The topological polar surface area (TPSA) is 95.3 Å². The van der Waals surface area contributed by atoms with Crippen molar-refractivity contribution in [1.29, 1.82) is 5.26 Å². The number of thiophene rings is 1. The maximum atomic E-state index is 12.3. The molecule has 0 saturated carbocycles. The lowest BCUT2D eigenvalue weighted by Gasteiger charge is -2.31. The summed E-state index contributed by atoms with van der Waals surface area (Å²) < 4.78 is 5.45. The second-order valence-corrected chi connectivity index (χ2v) is 8.56. The predicted octanol–water partition coefficient (Wildman–Crippen LogP) is 3.61. The molecule has 1 atom stereocenters. The van der Waals surface area contributed by atoms with Crippen molar-refractivity contribution in [3.63, 3.8) is 0 Å². The van der Waals surface area contributed by atoms with Gasteiger partial charge in [-0.05, 0) is 54.9 Å². The summed E-state index contributed by atoms with van der Waals surface area (Å²) in [6.07, 6.45) is 9.64. The number of pyridine rings is 1. The van der Waals surface area contributed by atoms with Crippen LogP contribution in [0.15, 0.2) is 30.6 Å². The number of likely N-dealkylation sites (tertiary alicyclic amines) is 1. The minimum Gasteiger partial charge on any atom is -0.449 e. The minimum absolute atomic E-state index is 0.232. The molecule has 4 rings (SSSR count). The minimum atomic E-state index is -0.283. The Bertz CT molecular complexity index is 1010. The van der Waals surface area contributed by atoms with Gasteiger partial charge in [0.05, 0.1) is 12.2 Å². The average Bonchev–Trinajstić information content (AvgIpc) is 3.06. The van der Waals surface area contributed by atoms with E-state index in [1.165, 1.54) is 17.4 Å². The molecule has 0 aromatic carbocycles. The Morgan fingerprint density at radius 3 is 3.00 bits per heavy atom.